The molecule has 112 valence electrons. The maximum atomic E-state index is 13.7. The van der Waals surface area contributed by atoms with Crippen LogP contribution in [0.1, 0.15) is 13.3 Å². The molecule has 21 heavy (non-hydrogen) atoms. The number of halogens is 1. The molecular weight excluding hydrogens is 273 g/mol. The summed E-state index contributed by atoms with van der Waals surface area (Å²) in [6, 6.07) is 4.23. The van der Waals surface area contributed by atoms with Crippen LogP contribution < -0.4 is 5.32 Å². The van der Waals surface area contributed by atoms with Crippen molar-refractivity contribution in [1.29, 1.82) is 0 Å². The zero-order valence-corrected chi connectivity index (χ0v) is 12.2. The number of rotatable bonds is 4. The maximum Gasteiger partial charge on any atom is 0.224 e. The molecule has 0 fully saturated rings. The Morgan fingerprint density at radius 1 is 1.33 bits per heavy atom. The van der Waals surface area contributed by atoms with E-state index < -0.39 is 5.82 Å². The zero-order chi connectivity index (χ0) is 15.4. The molecule has 1 aromatic rings. The number of carbonyl (C=O) groups excluding carboxylic acids is 1. The third-order valence-electron chi connectivity index (χ3n) is 3.09. The third-order valence-corrected chi connectivity index (χ3v) is 3.09. The Balaban J connectivity index is 2.15. The van der Waals surface area contributed by atoms with Gasteiger partial charge in [-0.25, -0.2) is 4.39 Å². The number of hydrogen-bond acceptors (Lipinski definition) is 5. The van der Waals surface area contributed by atoms with Crippen LogP contribution in [-0.4, -0.2) is 36.1 Å². The predicted molar refractivity (Wildman–Crippen MR) is 78.3 cm³/mol. The van der Waals surface area contributed by atoms with Crippen LogP contribution in [0.5, 0.6) is 0 Å². The van der Waals surface area contributed by atoms with Gasteiger partial charge < -0.3 is 15.1 Å². The standard InChI is InChI=1S/C14H18FN5O/c1-4-13(21)16-10-5-6-11(15)12(9-10)17-18-14-19(2)7-8-20(14)3/h5-9,14H,4H2,1-3H3,(H,16,21). The first-order chi connectivity index (χ1) is 10.0. The molecule has 0 bridgehead atoms. The molecule has 1 aliphatic heterocycles. The number of amides is 1. The van der Waals surface area contributed by atoms with E-state index >= 15 is 0 Å². The fourth-order valence-electron chi connectivity index (χ4n) is 1.84. The van der Waals surface area contributed by atoms with E-state index in [-0.39, 0.29) is 17.9 Å². The summed E-state index contributed by atoms with van der Waals surface area (Å²) in [4.78, 5) is 15.1. The molecule has 0 unspecified atom stereocenters. The lowest BCUT2D eigenvalue weighted by molar-refractivity contribution is -0.115. The highest BCUT2D eigenvalue weighted by Gasteiger charge is 2.19. The van der Waals surface area contributed by atoms with Gasteiger partial charge in [-0.1, -0.05) is 6.92 Å². The second kappa shape index (κ2) is 6.34. The van der Waals surface area contributed by atoms with Crippen molar-refractivity contribution in [3.63, 3.8) is 0 Å². The molecule has 6 nitrogen and oxygen atoms in total. The summed E-state index contributed by atoms with van der Waals surface area (Å²) in [5.74, 6) is -0.617. The van der Waals surface area contributed by atoms with Crippen LogP contribution in [0.2, 0.25) is 0 Å². The molecule has 0 spiro atoms. The summed E-state index contributed by atoms with van der Waals surface area (Å²) in [5.41, 5.74) is 0.598. The number of anilines is 1. The average molecular weight is 291 g/mol. The summed E-state index contributed by atoms with van der Waals surface area (Å²) in [6.07, 6.45) is 3.78. The van der Waals surface area contributed by atoms with Crippen LogP contribution in [0, 0.1) is 5.82 Å². The van der Waals surface area contributed by atoms with Crippen molar-refractivity contribution in [1.82, 2.24) is 9.80 Å². The van der Waals surface area contributed by atoms with E-state index in [9.17, 15) is 9.18 Å². The van der Waals surface area contributed by atoms with Crippen LogP contribution in [0.3, 0.4) is 0 Å². The highest BCUT2D eigenvalue weighted by atomic mass is 19.1. The molecule has 0 radical (unpaired) electrons. The first-order valence-electron chi connectivity index (χ1n) is 6.63. The minimum absolute atomic E-state index is 0.0950. The molecule has 0 aromatic heterocycles. The molecule has 2 rings (SSSR count). The lowest BCUT2D eigenvalue weighted by Gasteiger charge is -2.21. The Bertz CT molecular complexity index is 575. The molecule has 1 amide bonds. The Morgan fingerprint density at radius 2 is 2.00 bits per heavy atom. The molecule has 1 aliphatic rings. The zero-order valence-electron chi connectivity index (χ0n) is 12.2. The lowest BCUT2D eigenvalue weighted by Crippen LogP contribution is -2.31. The third kappa shape index (κ3) is 3.56. The number of benzene rings is 1. The summed E-state index contributed by atoms with van der Waals surface area (Å²) < 4.78 is 13.7. The van der Waals surface area contributed by atoms with E-state index in [2.05, 4.69) is 15.5 Å². The maximum absolute atomic E-state index is 13.7. The number of hydrogen-bond donors (Lipinski definition) is 1. The predicted octanol–water partition coefficient (Wildman–Crippen LogP) is 2.89. The smallest absolute Gasteiger partial charge is 0.224 e. The highest BCUT2D eigenvalue weighted by Crippen LogP contribution is 2.24. The quantitative estimate of drug-likeness (QED) is 0.868. The fourth-order valence-corrected chi connectivity index (χ4v) is 1.84. The second-order valence-corrected chi connectivity index (χ2v) is 4.76. The minimum atomic E-state index is -0.482. The first-order valence-corrected chi connectivity index (χ1v) is 6.63. The first kappa shape index (κ1) is 15.0. The van der Waals surface area contributed by atoms with E-state index in [4.69, 9.17) is 0 Å². The minimum Gasteiger partial charge on any atom is -0.340 e. The monoisotopic (exact) mass is 291 g/mol. The van der Waals surface area contributed by atoms with Gasteiger partial charge in [0.1, 0.15) is 5.69 Å². The normalized spacial score (nSPS) is 15.2. The van der Waals surface area contributed by atoms with Gasteiger partial charge in [-0.15, -0.1) is 10.2 Å². The molecule has 7 heteroatoms. The van der Waals surface area contributed by atoms with Crippen molar-refractivity contribution in [2.45, 2.75) is 19.6 Å². The van der Waals surface area contributed by atoms with Gasteiger partial charge >= 0.3 is 0 Å². The van der Waals surface area contributed by atoms with Gasteiger partial charge in [0.05, 0.1) is 0 Å². The van der Waals surface area contributed by atoms with Crippen molar-refractivity contribution in [2.24, 2.45) is 10.2 Å². The lowest BCUT2D eigenvalue weighted by atomic mass is 10.2. The van der Waals surface area contributed by atoms with E-state index in [1.54, 1.807) is 6.92 Å². The van der Waals surface area contributed by atoms with Crippen LogP contribution in [0.4, 0.5) is 15.8 Å². The molecule has 0 saturated heterocycles. The van der Waals surface area contributed by atoms with Crippen LogP contribution in [0.25, 0.3) is 0 Å². The van der Waals surface area contributed by atoms with Gasteiger partial charge in [-0.2, -0.15) is 0 Å². The second-order valence-electron chi connectivity index (χ2n) is 4.76. The van der Waals surface area contributed by atoms with E-state index in [1.165, 1.54) is 18.2 Å². The SMILES string of the molecule is CCC(=O)Nc1ccc(F)c(N=NC2N(C)C=CN2C)c1. The van der Waals surface area contributed by atoms with Gasteiger partial charge in [0.15, 0.2) is 5.82 Å². The Hall–Kier alpha value is -2.44. The van der Waals surface area contributed by atoms with Crippen LogP contribution >= 0.6 is 0 Å². The average Bonchev–Trinajstić information content (AvgIpc) is 2.78. The topological polar surface area (TPSA) is 60.3 Å². The molecular formula is C14H18FN5O. The van der Waals surface area contributed by atoms with E-state index in [0.29, 0.717) is 12.1 Å². The van der Waals surface area contributed by atoms with E-state index in [0.717, 1.165) is 0 Å². The van der Waals surface area contributed by atoms with Crippen molar-refractivity contribution in [2.75, 3.05) is 19.4 Å². The van der Waals surface area contributed by atoms with Crippen LogP contribution in [0.15, 0.2) is 40.8 Å². The van der Waals surface area contributed by atoms with Crippen molar-refractivity contribution in [3.8, 4) is 0 Å². The number of carbonyl (C=O) groups is 1. The fraction of sp³-hybridized carbons (Fsp3) is 0.357. The van der Waals surface area contributed by atoms with Crippen molar-refractivity contribution >= 4 is 17.3 Å². The Labute approximate surface area is 122 Å². The molecule has 0 saturated carbocycles. The number of nitrogens with one attached hydrogen (secondary N) is 1. The summed E-state index contributed by atoms with van der Waals surface area (Å²) in [7, 11) is 3.72. The van der Waals surface area contributed by atoms with Gasteiger partial charge in [-0.3, -0.25) is 4.79 Å². The van der Waals surface area contributed by atoms with Gasteiger partial charge in [0, 0.05) is 38.6 Å². The van der Waals surface area contributed by atoms with Gasteiger partial charge in [0.2, 0.25) is 12.2 Å². The highest BCUT2D eigenvalue weighted by molar-refractivity contribution is 5.90. The molecule has 1 heterocycles. The Morgan fingerprint density at radius 3 is 2.62 bits per heavy atom. The summed E-state index contributed by atoms with van der Waals surface area (Å²) in [6.45, 7) is 1.75. The Kier molecular flexibility index (Phi) is 4.52. The van der Waals surface area contributed by atoms with Crippen LogP contribution in [-0.2, 0) is 4.79 Å². The van der Waals surface area contributed by atoms with Crippen molar-refractivity contribution < 1.29 is 9.18 Å². The molecule has 0 atom stereocenters. The molecule has 1 N–H and O–H groups in total. The molecule has 0 aliphatic carbocycles. The molecule has 1 aromatic carbocycles. The van der Waals surface area contributed by atoms with E-state index in [1.807, 2.05) is 36.3 Å². The van der Waals surface area contributed by atoms with Gasteiger partial charge in [0.25, 0.3) is 0 Å². The largest absolute Gasteiger partial charge is 0.340 e. The van der Waals surface area contributed by atoms with Gasteiger partial charge in [-0.05, 0) is 18.2 Å². The number of azo groups is 1. The van der Waals surface area contributed by atoms with Crippen molar-refractivity contribution in [3.05, 3.63) is 36.4 Å². The summed E-state index contributed by atoms with van der Waals surface area (Å²) >= 11 is 0. The summed E-state index contributed by atoms with van der Waals surface area (Å²) in [5, 5.41) is 10.7. The number of nitrogens with zero attached hydrogens (tertiary/aromatic N) is 4.